The van der Waals surface area contributed by atoms with Gasteiger partial charge in [-0.05, 0) is 67.5 Å². The van der Waals surface area contributed by atoms with E-state index >= 15 is 0 Å². The van der Waals surface area contributed by atoms with E-state index in [0.717, 1.165) is 75.9 Å². The quantitative estimate of drug-likeness (QED) is 0.624. The Hall–Kier alpha value is -1.91. The molecule has 0 bridgehead atoms. The molecule has 0 spiro atoms. The lowest BCUT2D eigenvalue weighted by atomic mass is 9.68. The van der Waals surface area contributed by atoms with E-state index in [4.69, 9.17) is 4.74 Å². The monoisotopic (exact) mass is 488 g/mol. The van der Waals surface area contributed by atoms with Gasteiger partial charge in [0, 0.05) is 43.9 Å². The fraction of sp³-hybridized carbons (Fsp3) is 0.560. The predicted molar refractivity (Wildman–Crippen MR) is 130 cm³/mol. The molecule has 1 unspecified atom stereocenters. The van der Waals surface area contributed by atoms with Gasteiger partial charge >= 0.3 is 0 Å². The summed E-state index contributed by atoms with van der Waals surface area (Å²) in [5.41, 5.74) is 4.56. The maximum atomic E-state index is 13.5. The average Bonchev–Trinajstić information content (AvgIpc) is 3.55. The maximum absolute atomic E-state index is 13.5. The minimum Gasteiger partial charge on any atom is -0.412 e. The minimum absolute atomic E-state index is 0. The van der Waals surface area contributed by atoms with Crippen molar-refractivity contribution >= 4 is 17.1 Å². The lowest BCUT2D eigenvalue weighted by Crippen LogP contribution is -2.54. The van der Waals surface area contributed by atoms with Crippen molar-refractivity contribution in [1.29, 1.82) is 0 Å². The molecule has 6 rings (SSSR count). The van der Waals surface area contributed by atoms with Gasteiger partial charge in [-0.3, -0.25) is 4.90 Å². The number of morpholine rings is 1. The summed E-state index contributed by atoms with van der Waals surface area (Å²) in [5, 5.41) is 4.68. The summed E-state index contributed by atoms with van der Waals surface area (Å²) in [4.78, 5) is 2.51. The second-order valence-electron chi connectivity index (χ2n) is 10.0. The third-order valence-corrected chi connectivity index (χ3v) is 9.23. The summed E-state index contributed by atoms with van der Waals surface area (Å²) in [5.74, 6) is 1.24. The number of benzene rings is 1. The van der Waals surface area contributed by atoms with Crippen LogP contribution in [0.3, 0.4) is 0 Å². The third kappa shape index (κ3) is 4.64. The van der Waals surface area contributed by atoms with Crippen LogP contribution in [0.5, 0.6) is 0 Å². The largest absolute Gasteiger partial charge is 0.412 e. The van der Waals surface area contributed by atoms with Gasteiger partial charge in [0.15, 0.2) is 0 Å². The number of aromatic nitrogens is 2. The molecule has 34 heavy (non-hydrogen) atoms. The second-order valence-corrected chi connectivity index (χ2v) is 11.5. The number of halogens is 1. The first kappa shape index (κ1) is 23.8. The zero-order valence-electron chi connectivity index (χ0n) is 19.4. The molecule has 0 radical (unpaired) electrons. The molecule has 2 N–H and O–H groups in total. The molecule has 3 heterocycles. The Bertz CT molecular complexity index is 1080. The molecule has 2 aliphatic carbocycles. The van der Waals surface area contributed by atoms with Crippen molar-refractivity contribution in [2.75, 3.05) is 51.7 Å². The summed E-state index contributed by atoms with van der Waals surface area (Å²) in [6.07, 6.45) is 8.56. The number of fused-ring (bicyclic) bond motifs is 2. The van der Waals surface area contributed by atoms with Crippen LogP contribution in [0, 0.1) is 17.2 Å². The molecule has 4 aliphatic rings. The zero-order valence-corrected chi connectivity index (χ0v) is 20.2. The number of piperidine rings is 1. The van der Waals surface area contributed by atoms with Crippen LogP contribution >= 0.6 is 0 Å². The fourth-order valence-electron chi connectivity index (χ4n) is 5.58. The smallest absolute Gasteiger partial charge is 0.123 e. The van der Waals surface area contributed by atoms with Crippen LogP contribution in [0.4, 0.5) is 4.39 Å². The van der Waals surface area contributed by atoms with Crippen LogP contribution in [0.1, 0.15) is 30.5 Å². The molecular formula is C25H33FN4O3S. The first-order chi connectivity index (χ1) is 16.1. The number of hydrogen-bond donors (Lipinski definition) is 0. The van der Waals surface area contributed by atoms with E-state index in [1.54, 1.807) is 12.1 Å². The number of nitrogens with zero attached hydrogens (tertiary/aromatic N) is 4. The molecule has 2 aromatic rings. The molecule has 7 nitrogen and oxygen atoms in total. The third-order valence-electron chi connectivity index (χ3n) is 7.58. The van der Waals surface area contributed by atoms with E-state index in [2.05, 4.69) is 20.4 Å². The minimum atomic E-state index is -0.900. The van der Waals surface area contributed by atoms with Gasteiger partial charge in [-0.1, -0.05) is 5.57 Å². The van der Waals surface area contributed by atoms with E-state index < -0.39 is 11.0 Å². The summed E-state index contributed by atoms with van der Waals surface area (Å²) in [6.45, 7) is 6.08. The highest BCUT2D eigenvalue weighted by Gasteiger charge is 2.45. The van der Waals surface area contributed by atoms with E-state index in [1.165, 1.54) is 36.1 Å². The molecule has 2 saturated heterocycles. The first-order valence-corrected chi connectivity index (χ1v) is 13.3. The predicted octanol–water partition coefficient (Wildman–Crippen LogP) is 2.22. The summed E-state index contributed by atoms with van der Waals surface area (Å²) < 4.78 is 36.4. The number of ether oxygens (including phenoxy) is 1. The van der Waals surface area contributed by atoms with Crippen molar-refractivity contribution in [3.05, 3.63) is 53.1 Å². The highest BCUT2D eigenvalue weighted by Crippen LogP contribution is 2.45. The summed E-state index contributed by atoms with van der Waals surface area (Å²) in [6, 6.07) is 6.52. The Labute approximate surface area is 202 Å². The Morgan fingerprint density at radius 2 is 1.91 bits per heavy atom. The van der Waals surface area contributed by atoms with Gasteiger partial charge in [0.25, 0.3) is 0 Å². The van der Waals surface area contributed by atoms with Gasteiger partial charge < -0.3 is 10.2 Å². The molecule has 1 aromatic heterocycles. The SMILES string of the molecule is O.O=S(CC1CC1)N1CCC2=Cc3c(cnn3-c3ccc(F)cc3)C[C@]2(CN2CCOCC2)C1. The van der Waals surface area contributed by atoms with Gasteiger partial charge in [0.05, 0.1) is 41.8 Å². The van der Waals surface area contributed by atoms with Crippen molar-refractivity contribution < 1.29 is 18.8 Å². The van der Waals surface area contributed by atoms with Crippen molar-refractivity contribution in [1.82, 2.24) is 19.0 Å². The van der Waals surface area contributed by atoms with Gasteiger partial charge in [0.1, 0.15) is 5.82 Å². The molecular weight excluding hydrogens is 455 g/mol. The molecule has 3 fully saturated rings. The maximum Gasteiger partial charge on any atom is 0.123 e. The molecule has 2 atom stereocenters. The Kier molecular flexibility index (Phi) is 6.74. The van der Waals surface area contributed by atoms with E-state index in [-0.39, 0.29) is 16.7 Å². The lowest BCUT2D eigenvalue weighted by molar-refractivity contribution is 0.0156. The topological polar surface area (TPSA) is 82.1 Å². The van der Waals surface area contributed by atoms with E-state index in [9.17, 15) is 8.60 Å². The van der Waals surface area contributed by atoms with Gasteiger partial charge in [-0.2, -0.15) is 5.10 Å². The van der Waals surface area contributed by atoms with Crippen LogP contribution in [0.15, 0.2) is 36.0 Å². The molecule has 184 valence electrons. The van der Waals surface area contributed by atoms with Crippen LogP contribution in [0.2, 0.25) is 0 Å². The molecule has 2 aliphatic heterocycles. The van der Waals surface area contributed by atoms with Gasteiger partial charge in [-0.15, -0.1) is 0 Å². The first-order valence-electron chi connectivity index (χ1n) is 12.1. The second kappa shape index (κ2) is 9.62. The highest BCUT2D eigenvalue weighted by atomic mass is 32.2. The number of hydrogen-bond acceptors (Lipinski definition) is 4. The molecule has 1 aromatic carbocycles. The van der Waals surface area contributed by atoms with Crippen LogP contribution in [-0.2, 0) is 22.1 Å². The van der Waals surface area contributed by atoms with Gasteiger partial charge in [0.2, 0.25) is 0 Å². The normalized spacial score (nSPS) is 26.2. The van der Waals surface area contributed by atoms with Crippen molar-refractivity contribution in [2.45, 2.75) is 25.7 Å². The van der Waals surface area contributed by atoms with E-state index in [0.29, 0.717) is 5.92 Å². The van der Waals surface area contributed by atoms with Crippen LogP contribution < -0.4 is 0 Å². The Morgan fingerprint density at radius 3 is 2.65 bits per heavy atom. The zero-order chi connectivity index (χ0) is 22.4. The molecule has 1 saturated carbocycles. The summed E-state index contributed by atoms with van der Waals surface area (Å²) >= 11 is 0. The molecule has 9 heteroatoms. The van der Waals surface area contributed by atoms with Crippen LogP contribution in [0.25, 0.3) is 11.8 Å². The van der Waals surface area contributed by atoms with Crippen LogP contribution in [-0.4, -0.2) is 80.4 Å². The fourth-order valence-corrected chi connectivity index (χ4v) is 7.22. The lowest BCUT2D eigenvalue weighted by Gasteiger charge is -2.48. The van der Waals surface area contributed by atoms with Crippen molar-refractivity contribution in [3.8, 4) is 5.69 Å². The average molecular weight is 489 g/mol. The highest BCUT2D eigenvalue weighted by molar-refractivity contribution is 7.82. The van der Waals surface area contributed by atoms with Crippen molar-refractivity contribution in [3.63, 3.8) is 0 Å². The standard InChI is InChI=1S/C25H31FN4O2S.H2O/c26-22-3-5-23(6-4-22)30-24-13-21-7-8-29(33(31)16-19-1-2-19)18-25(21,14-20(24)15-27-30)17-28-9-11-32-12-10-28;/h3-6,13,15,19H,1-2,7-12,14,16-18H2;1H2/t25-,33?;/m0./s1. The molecule has 0 amide bonds. The van der Waals surface area contributed by atoms with Gasteiger partial charge in [-0.25, -0.2) is 17.6 Å². The van der Waals surface area contributed by atoms with Crippen molar-refractivity contribution in [2.24, 2.45) is 11.3 Å². The summed E-state index contributed by atoms with van der Waals surface area (Å²) in [7, 11) is -0.900. The Balaban J connectivity index is 0.00000241. The van der Waals surface area contributed by atoms with E-state index in [1.807, 2.05) is 10.9 Å². The Morgan fingerprint density at radius 1 is 1.15 bits per heavy atom. The number of rotatable bonds is 6.